The first kappa shape index (κ1) is 18.5. The summed E-state index contributed by atoms with van der Waals surface area (Å²) in [6, 6.07) is 16.6. The van der Waals surface area contributed by atoms with Gasteiger partial charge in [-0.3, -0.25) is 9.59 Å². The third-order valence-electron chi connectivity index (χ3n) is 4.79. The minimum atomic E-state index is -0.438. The molecule has 2 aromatic carbocycles. The lowest BCUT2D eigenvalue weighted by atomic mass is 9.98. The Balaban J connectivity index is 1.65. The van der Waals surface area contributed by atoms with Crippen molar-refractivity contribution in [2.45, 2.75) is 0 Å². The highest BCUT2D eigenvalue weighted by Crippen LogP contribution is 2.34. The maximum atomic E-state index is 13.1. The number of hydrogen-bond acceptors (Lipinski definition) is 4. The summed E-state index contributed by atoms with van der Waals surface area (Å²) in [4.78, 5) is 37.2. The molecule has 5 nitrogen and oxygen atoms in total. The molecule has 0 radical (unpaired) electrons. The molecule has 0 bridgehead atoms. The smallest absolute Gasteiger partial charge is 0.260 e. The monoisotopic (exact) mass is 431 g/mol. The zero-order valence-corrected chi connectivity index (χ0v) is 17.1. The number of carbonyl (C=O) groups excluding carboxylic acids is 1. The van der Waals surface area contributed by atoms with Gasteiger partial charge in [0.1, 0.15) is 5.82 Å². The molecule has 0 saturated carbocycles. The quantitative estimate of drug-likeness (QED) is 0.283. The average molecular weight is 432 g/mol. The molecule has 0 spiro atoms. The molecule has 5 aromatic rings. The summed E-state index contributed by atoms with van der Waals surface area (Å²) in [5.41, 5.74) is 2.55. The number of H-pyrrole nitrogens is 2. The van der Waals surface area contributed by atoms with Gasteiger partial charge < -0.3 is 9.97 Å². The summed E-state index contributed by atoms with van der Waals surface area (Å²) < 4.78 is 0. The number of allylic oxidation sites excluding steroid dienone is 1. The fraction of sp³-hybridized carbons (Fsp3) is 0. The van der Waals surface area contributed by atoms with Gasteiger partial charge in [-0.05, 0) is 53.9 Å². The molecule has 5 rings (SSSR count). The second kappa shape index (κ2) is 7.40. The van der Waals surface area contributed by atoms with Crippen LogP contribution >= 0.6 is 22.9 Å². The van der Waals surface area contributed by atoms with Crippen LogP contribution in [0, 0.1) is 0 Å². The van der Waals surface area contributed by atoms with Crippen LogP contribution < -0.4 is 5.56 Å². The third-order valence-corrected chi connectivity index (χ3v) is 5.91. The van der Waals surface area contributed by atoms with E-state index < -0.39 is 11.3 Å². The van der Waals surface area contributed by atoms with Gasteiger partial charge in [0.15, 0.2) is 5.78 Å². The van der Waals surface area contributed by atoms with E-state index in [4.69, 9.17) is 11.6 Å². The van der Waals surface area contributed by atoms with Gasteiger partial charge >= 0.3 is 0 Å². The Hall–Kier alpha value is -3.48. The van der Waals surface area contributed by atoms with Crippen molar-refractivity contribution in [3.63, 3.8) is 0 Å². The molecular formula is C23H14ClN3O2S. The van der Waals surface area contributed by atoms with Crippen LogP contribution in [0.1, 0.15) is 16.2 Å². The van der Waals surface area contributed by atoms with E-state index in [1.165, 1.54) is 17.4 Å². The van der Waals surface area contributed by atoms with Gasteiger partial charge in [0, 0.05) is 26.4 Å². The molecule has 7 heteroatoms. The molecule has 0 fully saturated rings. The molecule has 0 saturated heterocycles. The number of nitrogens with one attached hydrogen (secondary N) is 2. The number of imidazole rings is 1. The van der Waals surface area contributed by atoms with Crippen LogP contribution in [0.4, 0.5) is 0 Å². The highest BCUT2D eigenvalue weighted by molar-refractivity contribution is 7.13. The van der Waals surface area contributed by atoms with Crippen LogP contribution in [0.2, 0.25) is 5.02 Å². The number of carbonyl (C=O) groups is 1. The number of pyridine rings is 1. The van der Waals surface area contributed by atoms with Crippen molar-refractivity contribution in [3.8, 4) is 10.4 Å². The lowest BCUT2D eigenvalue weighted by Gasteiger charge is -2.10. The van der Waals surface area contributed by atoms with E-state index in [0.717, 1.165) is 21.3 Å². The van der Waals surface area contributed by atoms with Gasteiger partial charge in [-0.25, -0.2) is 4.98 Å². The summed E-state index contributed by atoms with van der Waals surface area (Å²) in [6.45, 7) is 0. The van der Waals surface area contributed by atoms with Gasteiger partial charge in [0.25, 0.3) is 5.56 Å². The van der Waals surface area contributed by atoms with Gasteiger partial charge in [-0.2, -0.15) is 0 Å². The Bertz CT molecular complexity index is 1460. The Morgan fingerprint density at radius 1 is 1.03 bits per heavy atom. The Labute approximate surface area is 179 Å². The van der Waals surface area contributed by atoms with Gasteiger partial charge in [-0.15, -0.1) is 11.3 Å². The van der Waals surface area contributed by atoms with Gasteiger partial charge in [-0.1, -0.05) is 29.8 Å². The number of halogens is 1. The second-order valence-corrected chi connectivity index (χ2v) is 8.09. The zero-order valence-electron chi connectivity index (χ0n) is 15.5. The maximum absolute atomic E-state index is 13.1. The highest BCUT2D eigenvalue weighted by atomic mass is 35.5. The topological polar surface area (TPSA) is 78.6 Å². The van der Waals surface area contributed by atoms with E-state index in [0.29, 0.717) is 21.9 Å². The number of rotatable bonds is 4. The SMILES string of the molecule is O=C(/C=C/c1nc2ccccc2[nH]1)c1c(-c2cccs2)c2cc(Cl)ccc2[nH]c1=O. The molecule has 3 heterocycles. The number of thiophene rings is 1. The van der Waals surface area contributed by atoms with Gasteiger partial charge in [0.05, 0.1) is 16.6 Å². The number of aromatic nitrogens is 3. The zero-order chi connectivity index (χ0) is 20.7. The molecule has 3 aromatic heterocycles. The van der Waals surface area contributed by atoms with Crippen molar-refractivity contribution in [3.05, 3.63) is 92.8 Å². The summed E-state index contributed by atoms with van der Waals surface area (Å²) >= 11 is 7.67. The molecule has 0 aliphatic heterocycles. The van der Waals surface area contributed by atoms with E-state index in [9.17, 15) is 9.59 Å². The summed E-state index contributed by atoms with van der Waals surface area (Å²) in [5.74, 6) is 0.143. The summed E-state index contributed by atoms with van der Waals surface area (Å²) in [7, 11) is 0. The van der Waals surface area contributed by atoms with Crippen LogP contribution in [0.3, 0.4) is 0 Å². The standard InChI is InChI=1S/C23H14ClN3O2S/c24-13-7-8-15-14(12-13)21(19-6-3-11-30-19)22(23(29)27-15)18(28)9-10-20-25-16-4-1-2-5-17(16)26-20/h1-12H,(H,25,26)(H,27,29)/b10-9+. The highest BCUT2D eigenvalue weighted by Gasteiger charge is 2.20. The van der Waals surface area contributed by atoms with Crippen molar-refractivity contribution in [2.75, 3.05) is 0 Å². The molecule has 30 heavy (non-hydrogen) atoms. The lowest BCUT2D eigenvalue weighted by molar-refractivity contribution is 0.104. The van der Waals surface area contributed by atoms with E-state index in [2.05, 4.69) is 15.0 Å². The Morgan fingerprint density at radius 2 is 1.90 bits per heavy atom. The predicted octanol–water partition coefficient (Wildman–Crippen LogP) is 5.68. The molecule has 0 atom stereocenters. The lowest BCUT2D eigenvalue weighted by Crippen LogP contribution is -2.18. The first-order valence-electron chi connectivity index (χ1n) is 9.17. The number of para-hydroxylation sites is 2. The van der Waals surface area contributed by atoms with E-state index in [-0.39, 0.29) is 5.56 Å². The number of fused-ring (bicyclic) bond motifs is 2. The molecule has 146 valence electrons. The number of hydrogen-bond donors (Lipinski definition) is 2. The largest absolute Gasteiger partial charge is 0.338 e. The van der Waals surface area contributed by atoms with E-state index in [1.54, 1.807) is 24.3 Å². The molecule has 0 aliphatic carbocycles. The first-order valence-corrected chi connectivity index (χ1v) is 10.4. The van der Waals surface area contributed by atoms with Crippen molar-refractivity contribution < 1.29 is 4.79 Å². The van der Waals surface area contributed by atoms with Crippen LogP contribution in [0.5, 0.6) is 0 Å². The average Bonchev–Trinajstić information content (AvgIpc) is 3.41. The van der Waals surface area contributed by atoms with Crippen LogP contribution in [0.25, 0.3) is 38.5 Å². The van der Waals surface area contributed by atoms with Crippen molar-refractivity contribution in [2.24, 2.45) is 0 Å². The molecule has 0 unspecified atom stereocenters. The Morgan fingerprint density at radius 3 is 2.70 bits per heavy atom. The summed E-state index contributed by atoms with van der Waals surface area (Å²) in [5, 5.41) is 3.17. The molecule has 0 amide bonds. The van der Waals surface area contributed by atoms with E-state index >= 15 is 0 Å². The fourth-order valence-corrected chi connectivity index (χ4v) is 4.43. The maximum Gasteiger partial charge on any atom is 0.260 e. The predicted molar refractivity (Wildman–Crippen MR) is 122 cm³/mol. The van der Waals surface area contributed by atoms with E-state index in [1.807, 2.05) is 41.8 Å². The van der Waals surface area contributed by atoms with Crippen molar-refractivity contribution >= 4 is 56.7 Å². The fourth-order valence-electron chi connectivity index (χ4n) is 3.47. The summed E-state index contributed by atoms with van der Waals surface area (Å²) in [6.07, 6.45) is 2.96. The third kappa shape index (κ3) is 3.26. The number of nitrogens with zero attached hydrogens (tertiary/aromatic N) is 1. The minimum Gasteiger partial charge on any atom is -0.338 e. The van der Waals surface area contributed by atoms with Crippen molar-refractivity contribution in [1.29, 1.82) is 0 Å². The second-order valence-electron chi connectivity index (χ2n) is 6.71. The van der Waals surface area contributed by atoms with Gasteiger partial charge in [0.2, 0.25) is 0 Å². The van der Waals surface area contributed by atoms with Crippen molar-refractivity contribution in [1.82, 2.24) is 15.0 Å². The van der Waals surface area contributed by atoms with Crippen LogP contribution in [-0.4, -0.2) is 20.7 Å². The van der Waals surface area contributed by atoms with Crippen LogP contribution in [-0.2, 0) is 0 Å². The molecule has 0 aliphatic rings. The first-order chi connectivity index (χ1) is 14.6. The molecule has 2 N–H and O–H groups in total. The Kier molecular flexibility index (Phi) is 4.58. The van der Waals surface area contributed by atoms with Crippen LogP contribution in [0.15, 0.2) is 70.8 Å². The molecular weight excluding hydrogens is 418 g/mol. The number of benzene rings is 2. The number of ketones is 1. The number of aromatic amines is 2. The minimum absolute atomic E-state index is 0.0829. The normalized spacial score (nSPS) is 11.6.